The highest BCUT2D eigenvalue weighted by atomic mass is 32.1. The molecular weight excluding hydrogens is 244 g/mol. The topological polar surface area (TPSA) is 104 Å². The SMILES string of the molecule is CC(C)O/N=C(\C([NH])=O)c1csc(NC=O)n1. The monoisotopic (exact) mass is 255 g/mol. The van der Waals surface area contributed by atoms with E-state index >= 15 is 0 Å². The zero-order chi connectivity index (χ0) is 12.8. The summed E-state index contributed by atoms with van der Waals surface area (Å²) in [4.78, 5) is 30.1. The first-order valence-electron chi connectivity index (χ1n) is 4.70. The minimum absolute atomic E-state index is 0.186. The number of aromatic nitrogens is 1. The van der Waals surface area contributed by atoms with Crippen LogP contribution in [0.5, 0.6) is 0 Å². The first-order valence-corrected chi connectivity index (χ1v) is 5.58. The minimum atomic E-state index is -0.992. The molecule has 8 heteroatoms. The Kier molecular flexibility index (Phi) is 4.58. The van der Waals surface area contributed by atoms with Gasteiger partial charge in [-0.25, -0.2) is 4.98 Å². The van der Waals surface area contributed by atoms with Crippen molar-refractivity contribution in [1.82, 2.24) is 10.7 Å². The summed E-state index contributed by atoms with van der Waals surface area (Å²) in [5, 5.41) is 7.76. The molecule has 1 aromatic heterocycles. The lowest BCUT2D eigenvalue weighted by molar-refractivity contribution is -0.112. The third-order valence-corrected chi connectivity index (χ3v) is 2.27. The molecule has 0 bridgehead atoms. The third kappa shape index (κ3) is 3.83. The van der Waals surface area contributed by atoms with Crippen molar-refractivity contribution in [3.8, 4) is 0 Å². The zero-order valence-corrected chi connectivity index (χ0v) is 10.1. The summed E-state index contributed by atoms with van der Waals surface area (Å²) in [5.41, 5.74) is 7.08. The molecule has 0 aliphatic heterocycles. The Morgan fingerprint density at radius 2 is 2.41 bits per heavy atom. The number of carbonyl (C=O) groups is 2. The largest absolute Gasteiger partial charge is 0.392 e. The molecule has 0 spiro atoms. The Morgan fingerprint density at radius 1 is 1.71 bits per heavy atom. The molecule has 2 N–H and O–H groups in total. The van der Waals surface area contributed by atoms with E-state index in [4.69, 9.17) is 10.6 Å². The summed E-state index contributed by atoms with van der Waals surface area (Å²) >= 11 is 1.13. The second-order valence-corrected chi connectivity index (χ2v) is 4.08. The molecule has 0 saturated carbocycles. The van der Waals surface area contributed by atoms with Crippen LogP contribution in [-0.4, -0.2) is 29.1 Å². The number of hydrogen-bond acceptors (Lipinski definition) is 6. The summed E-state index contributed by atoms with van der Waals surface area (Å²) in [7, 11) is 0. The van der Waals surface area contributed by atoms with E-state index in [2.05, 4.69) is 15.5 Å². The molecule has 1 aromatic rings. The van der Waals surface area contributed by atoms with Crippen LogP contribution >= 0.6 is 11.3 Å². The molecular formula is C9H11N4O3S. The average molecular weight is 255 g/mol. The predicted octanol–water partition coefficient (Wildman–Crippen LogP) is 0.650. The molecule has 0 atom stereocenters. The van der Waals surface area contributed by atoms with E-state index < -0.39 is 5.91 Å². The summed E-state index contributed by atoms with van der Waals surface area (Å²) in [6, 6.07) is 0. The van der Waals surface area contributed by atoms with Gasteiger partial charge in [-0.2, -0.15) is 0 Å². The van der Waals surface area contributed by atoms with Crippen LogP contribution in [-0.2, 0) is 14.4 Å². The average Bonchev–Trinajstić information content (AvgIpc) is 2.66. The van der Waals surface area contributed by atoms with Gasteiger partial charge in [0.15, 0.2) is 10.8 Å². The van der Waals surface area contributed by atoms with Crippen molar-refractivity contribution in [2.24, 2.45) is 5.16 Å². The number of amides is 2. The fourth-order valence-corrected chi connectivity index (χ4v) is 1.52. The highest BCUT2D eigenvalue weighted by molar-refractivity contribution is 7.14. The van der Waals surface area contributed by atoms with Crippen LogP contribution in [0, 0.1) is 0 Å². The predicted molar refractivity (Wildman–Crippen MR) is 62.7 cm³/mol. The number of thiazole rings is 1. The maximum absolute atomic E-state index is 11.1. The molecule has 7 nitrogen and oxygen atoms in total. The van der Waals surface area contributed by atoms with Crippen molar-refractivity contribution in [2.75, 3.05) is 5.32 Å². The van der Waals surface area contributed by atoms with Crippen molar-refractivity contribution in [1.29, 1.82) is 0 Å². The van der Waals surface area contributed by atoms with Crippen LogP contribution in [0.3, 0.4) is 0 Å². The summed E-state index contributed by atoms with van der Waals surface area (Å²) in [5.74, 6) is -0.992. The molecule has 0 aliphatic carbocycles. The van der Waals surface area contributed by atoms with Gasteiger partial charge in [-0.3, -0.25) is 15.3 Å². The van der Waals surface area contributed by atoms with Crippen molar-refractivity contribution in [3.05, 3.63) is 11.1 Å². The molecule has 0 aromatic carbocycles. The van der Waals surface area contributed by atoms with Crippen molar-refractivity contribution >= 4 is 34.5 Å². The van der Waals surface area contributed by atoms with E-state index in [-0.39, 0.29) is 17.5 Å². The van der Waals surface area contributed by atoms with Crippen molar-refractivity contribution in [2.45, 2.75) is 20.0 Å². The molecule has 91 valence electrons. The first-order chi connectivity index (χ1) is 8.04. The number of carbonyl (C=O) groups excluding carboxylic acids is 2. The van der Waals surface area contributed by atoms with Crippen LogP contribution in [0.4, 0.5) is 5.13 Å². The Labute approximate surface area is 102 Å². The summed E-state index contributed by atoms with van der Waals surface area (Å²) in [6.45, 7) is 3.49. The number of nitrogens with one attached hydrogen (secondary N) is 2. The summed E-state index contributed by atoms with van der Waals surface area (Å²) in [6.07, 6.45) is 0.280. The van der Waals surface area contributed by atoms with Gasteiger partial charge in [-0.15, -0.1) is 11.3 Å². The molecule has 0 fully saturated rings. The van der Waals surface area contributed by atoms with Gasteiger partial charge in [0.2, 0.25) is 6.41 Å². The number of anilines is 1. The fraction of sp³-hybridized carbons (Fsp3) is 0.333. The standard InChI is InChI=1S/C9H11N4O3S/c1-5(2)16-13-7(8(10)15)6-3-17-9(12-6)11-4-14/h3-5,10H,1-2H3,(H,11,12,14)/b13-7-. The Balaban J connectivity index is 2.93. The second kappa shape index (κ2) is 5.94. The maximum atomic E-state index is 11.1. The molecule has 1 heterocycles. The quantitative estimate of drug-likeness (QED) is 0.457. The first kappa shape index (κ1) is 13.1. The van der Waals surface area contributed by atoms with Crippen molar-refractivity contribution in [3.63, 3.8) is 0 Å². The maximum Gasteiger partial charge on any atom is 0.294 e. The van der Waals surface area contributed by atoms with E-state index in [0.29, 0.717) is 11.5 Å². The molecule has 1 radical (unpaired) electrons. The van der Waals surface area contributed by atoms with Crippen LogP contribution in [0.1, 0.15) is 19.5 Å². The molecule has 0 unspecified atom stereocenters. The van der Waals surface area contributed by atoms with Gasteiger partial charge in [-0.1, -0.05) is 5.16 Å². The third-order valence-electron chi connectivity index (χ3n) is 1.50. The van der Waals surface area contributed by atoms with E-state index in [9.17, 15) is 9.59 Å². The van der Waals surface area contributed by atoms with Gasteiger partial charge in [0.1, 0.15) is 11.8 Å². The number of oxime groups is 1. The van der Waals surface area contributed by atoms with Gasteiger partial charge >= 0.3 is 0 Å². The van der Waals surface area contributed by atoms with E-state index in [0.717, 1.165) is 11.3 Å². The van der Waals surface area contributed by atoms with Crippen LogP contribution in [0.25, 0.3) is 0 Å². The summed E-state index contributed by atoms with van der Waals surface area (Å²) < 4.78 is 0. The normalized spacial score (nSPS) is 11.4. The van der Waals surface area contributed by atoms with Gasteiger partial charge in [0.25, 0.3) is 5.91 Å². The van der Waals surface area contributed by atoms with Gasteiger partial charge < -0.3 is 10.2 Å². The molecule has 17 heavy (non-hydrogen) atoms. The van der Waals surface area contributed by atoms with Crippen LogP contribution in [0.2, 0.25) is 0 Å². The zero-order valence-electron chi connectivity index (χ0n) is 9.26. The number of hydrogen-bond donors (Lipinski definition) is 1. The lowest BCUT2D eigenvalue weighted by atomic mass is 10.3. The molecule has 2 amide bonds. The number of nitrogens with zero attached hydrogens (tertiary/aromatic N) is 2. The van der Waals surface area contributed by atoms with Crippen LogP contribution < -0.4 is 11.1 Å². The van der Waals surface area contributed by atoms with E-state index in [1.165, 1.54) is 5.38 Å². The number of rotatable bonds is 6. The fourth-order valence-electron chi connectivity index (χ4n) is 0.862. The Hall–Kier alpha value is -1.96. The Bertz CT molecular complexity index is 441. The molecule has 0 saturated heterocycles. The van der Waals surface area contributed by atoms with Gasteiger partial charge in [-0.05, 0) is 13.8 Å². The van der Waals surface area contributed by atoms with Crippen molar-refractivity contribution < 1.29 is 14.4 Å². The highest BCUT2D eigenvalue weighted by Gasteiger charge is 2.16. The second-order valence-electron chi connectivity index (χ2n) is 3.22. The highest BCUT2D eigenvalue weighted by Crippen LogP contribution is 2.15. The smallest absolute Gasteiger partial charge is 0.294 e. The van der Waals surface area contributed by atoms with E-state index in [1.54, 1.807) is 13.8 Å². The van der Waals surface area contributed by atoms with Crippen LogP contribution in [0.15, 0.2) is 10.5 Å². The van der Waals surface area contributed by atoms with E-state index in [1.807, 2.05) is 0 Å². The van der Waals surface area contributed by atoms with Gasteiger partial charge in [0, 0.05) is 5.38 Å². The Morgan fingerprint density at radius 3 is 2.94 bits per heavy atom. The molecule has 1 rings (SSSR count). The lowest BCUT2D eigenvalue weighted by Gasteiger charge is -2.03. The molecule has 0 aliphatic rings. The van der Waals surface area contributed by atoms with Gasteiger partial charge in [0.05, 0.1) is 0 Å². The minimum Gasteiger partial charge on any atom is -0.392 e. The lowest BCUT2D eigenvalue weighted by Crippen LogP contribution is -2.18.